The largest absolute Gasteiger partial charge is 0.493 e. The number of nitrogens with zero attached hydrogens (tertiary/aromatic N) is 2. The van der Waals surface area contributed by atoms with Crippen molar-refractivity contribution in [2.75, 3.05) is 20.0 Å². The lowest BCUT2D eigenvalue weighted by Crippen LogP contribution is -2.35. The van der Waals surface area contributed by atoms with Crippen LogP contribution in [0.5, 0.6) is 11.5 Å². The van der Waals surface area contributed by atoms with Gasteiger partial charge in [-0.25, -0.2) is 4.98 Å². The Labute approximate surface area is 199 Å². The number of amides is 1. The molecule has 1 heterocycles. The van der Waals surface area contributed by atoms with Crippen LogP contribution in [-0.4, -0.2) is 41.5 Å². The standard InChI is InChI=1S/C25H35N3O4S/c1-5-18(6-2)26-23(29)16-33-25-27-20-15-22(32-4)21(31-3)14-19(20)24(30)28(25)13-12-17-10-8-7-9-11-17/h10,14-15,18H,5-9,11-13,16H2,1-4H3,(H,26,29). The minimum absolute atomic E-state index is 0.0445. The van der Waals surface area contributed by atoms with E-state index in [4.69, 9.17) is 14.5 Å². The molecule has 0 aliphatic heterocycles. The molecular weight excluding hydrogens is 438 g/mol. The normalized spacial score (nSPS) is 13.8. The minimum Gasteiger partial charge on any atom is -0.493 e. The number of fused-ring (bicyclic) bond motifs is 1. The number of ether oxygens (including phenoxy) is 2. The van der Waals surface area contributed by atoms with Crippen molar-refractivity contribution in [3.8, 4) is 11.5 Å². The molecule has 7 nitrogen and oxygen atoms in total. The van der Waals surface area contributed by atoms with Gasteiger partial charge in [-0.2, -0.15) is 0 Å². The molecule has 0 saturated heterocycles. The zero-order valence-electron chi connectivity index (χ0n) is 20.1. The Hall–Kier alpha value is -2.48. The average molecular weight is 474 g/mol. The van der Waals surface area contributed by atoms with Crippen LogP contribution in [0.25, 0.3) is 10.9 Å². The molecule has 1 aromatic carbocycles. The Morgan fingerprint density at radius 3 is 2.55 bits per heavy atom. The number of carbonyl (C=O) groups is 1. The van der Waals surface area contributed by atoms with Crippen molar-refractivity contribution in [1.29, 1.82) is 0 Å². The summed E-state index contributed by atoms with van der Waals surface area (Å²) in [4.78, 5) is 30.8. The van der Waals surface area contributed by atoms with E-state index in [-0.39, 0.29) is 23.3 Å². The fourth-order valence-corrected chi connectivity index (χ4v) is 4.95. The summed E-state index contributed by atoms with van der Waals surface area (Å²) in [6.45, 7) is 4.66. The molecule has 0 atom stereocenters. The second kappa shape index (κ2) is 12.1. The summed E-state index contributed by atoms with van der Waals surface area (Å²) in [5, 5.41) is 4.09. The van der Waals surface area contributed by atoms with Gasteiger partial charge >= 0.3 is 0 Å². The van der Waals surface area contributed by atoms with E-state index in [1.54, 1.807) is 30.9 Å². The van der Waals surface area contributed by atoms with Gasteiger partial charge in [-0.3, -0.25) is 14.2 Å². The summed E-state index contributed by atoms with van der Waals surface area (Å²) in [7, 11) is 3.11. The molecule has 1 aromatic heterocycles. The number of hydrogen-bond donors (Lipinski definition) is 1. The van der Waals surface area contributed by atoms with E-state index in [1.165, 1.54) is 30.2 Å². The fourth-order valence-electron chi connectivity index (χ4n) is 4.11. The summed E-state index contributed by atoms with van der Waals surface area (Å²) >= 11 is 1.31. The van der Waals surface area contributed by atoms with E-state index < -0.39 is 0 Å². The van der Waals surface area contributed by atoms with Crippen molar-refractivity contribution in [2.45, 2.75) is 76.5 Å². The highest BCUT2D eigenvalue weighted by Gasteiger charge is 2.18. The van der Waals surface area contributed by atoms with E-state index in [0.717, 1.165) is 32.1 Å². The molecule has 3 rings (SSSR count). The van der Waals surface area contributed by atoms with E-state index in [9.17, 15) is 9.59 Å². The quantitative estimate of drug-likeness (QED) is 0.289. The Morgan fingerprint density at radius 1 is 1.18 bits per heavy atom. The first-order valence-electron chi connectivity index (χ1n) is 11.8. The molecule has 0 radical (unpaired) electrons. The molecule has 0 fully saturated rings. The third-order valence-corrected chi connectivity index (χ3v) is 7.13. The van der Waals surface area contributed by atoms with Crippen molar-refractivity contribution >= 4 is 28.6 Å². The number of nitrogens with one attached hydrogen (secondary N) is 1. The Balaban J connectivity index is 1.94. The monoisotopic (exact) mass is 473 g/mol. The van der Waals surface area contributed by atoms with Crippen LogP contribution in [0.4, 0.5) is 0 Å². The van der Waals surface area contributed by atoms with Gasteiger partial charge in [-0.15, -0.1) is 0 Å². The van der Waals surface area contributed by atoms with Gasteiger partial charge in [0.05, 0.1) is 30.9 Å². The smallest absolute Gasteiger partial charge is 0.262 e. The molecule has 1 amide bonds. The fraction of sp³-hybridized carbons (Fsp3) is 0.560. The highest BCUT2D eigenvalue weighted by atomic mass is 32.2. The van der Waals surface area contributed by atoms with E-state index >= 15 is 0 Å². The molecule has 0 saturated carbocycles. The van der Waals surface area contributed by atoms with Gasteiger partial charge in [-0.1, -0.05) is 37.3 Å². The van der Waals surface area contributed by atoms with Gasteiger partial charge in [0.25, 0.3) is 5.56 Å². The first-order valence-corrected chi connectivity index (χ1v) is 12.8. The molecule has 8 heteroatoms. The van der Waals surface area contributed by atoms with Crippen LogP contribution in [0.1, 0.15) is 58.8 Å². The molecule has 1 aliphatic rings. The molecule has 1 aliphatic carbocycles. The second-order valence-electron chi connectivity index (χ2n) is 8.30. The molecular formula is C25H35N3O4S. The summed E-state index contributed by atoms with van der Waals surface area (Å²) in [6.07, 6.45) is 9.52. The number of allylic oxidation sites excluding steroid dienone is 2. The Morgan fingerprint density at radius 2 is 1.91 bits per heavy atom. The SMILES string of the molecule is CCC(CC)NC(=O)CSc1nc2cc(OC)c(OC)cc2c(=O)n1CCC1=CCCCC1. The predicted molar refractivity (Wildman–Crippen MR) is 134 cm³/mol. The predicted octanol–water partition coefficient (Wildman–Crippen LogP) is 4.70. The van der Waals surface area contributed by atoms with Crippen molar-refractivity contribution in [3.05, 3.63) is 34.1 Å². The molecule has 2 aromatic rings. The maximum atomic E-state index is 13.5. The van der Waals surface area contributed by atoms with Crippen molar-refractivity contribution in [2.24, 2.45) is 0 Å². The zero-order chi connectivity index (χ0) is 23.8. The van der Waals surface area contributed by atoms with Crippen LogP contribution < -0.4 is 20.3 Å². The molecule has 0 bridgehead atoms. The Kier molecular flexibility index (Phi) is 9.23. The van der Waals surface area contributed by atoms with Crippen molar-refractivity contribution in [3.63, 3.8) is 0 Å². The molecule has 33 heavy (non-hydrogen) atoms. The minimum atomic E-state index is -0.125. The van der Waals surface area contributed by atoms with Crippen molar-refractivity contribution in [1.82, 2.24) is 14.9 Å². The highest BCUT2D eigenvalue weighted by Crippen LogP contribution is 2.31. The third kappa shape index (κ3) is 6.31. The lowest BCUT2D eigenvalue weighted by Gasteiger charge is -2.18. The molecule has 0 unspecified atom stereocenters. The highest BCUT2D eigenvalue weighted by molar-refractivity contribution is 7.99. The number of methoxy groups -OCH3 is 2. The van der Waals surface area contributed by atoms with Gasteiger partial charge < -0.3 is 14.8 Å². The van der Waals surface area contributed by atoms with Gasteiger partial charge in [0.1, 0.15) is 0 Å². The summed E-state index contributed by atoms with van der Waals surface area (Å²) in [6, 6.07) is 3.58. The lowest BCUT2D eigenvalue weighted by atomic mass is 9.97. The average Bonchev–Trinajstić information content (AvgIpc) is 2.85. The van der Waals surface area contributed by atoms with Crippen LogP contribution in [-0.2, 0) is 11.3 Å². The second-order valence-corrected chi connectivity index (χ2v) is 9.25. The van der Waals surface area contributed by atoms with Gasteiger partial charge in [0.2, 0.25) is 5.91 Å². The first-order chi connectivity index (χ1) is 16.0. The third-order valence-electron chi connectivity index (χ3n) is 6.15. The summed E-state index contributed by atoms with van der Waals surface area (Å²) < 4.78 is 12.5. The van der Waals surface area contributed by atoms with Crippen LogP contribution in [0.2, 0.25) is 0 Å². The maximum absolute atomic E-state index is 13.5. The zero-order valence-corrected chi connectivity index (χ0v) is 20.9. The number of hydrogen-bond acceptors (Lipinski definition) is 6. The van der Waals surface area contributed by atoms with E-state index in [2.05, 4.69) is 25.2 Å². The molecule has 180 valence electrons. The number of carbonyl (C=O) groups excluding carboxylic acids is 1. The molecule has 0 spiro atoms. The number of thioether (sulfide) groups is 1. The first kappa shape index (κ1) is 25.1. The maximum Gasteiger partial charge on any atom is 0.262 e. The van der Waals surface area contributed by atoms with Gasteiger partial charge in [0.15, 0.2) is 16.7 Å². The number of aromatic nitrogens is 2. The summed E-state index contributed by atoms with van der Waals surface area (Å²) in [5.74, 6) is 1.18. The van der Waals surface area contributed by atoms with Gasteiger partial charge in [-0.05, 0) is 51.0 Å². The molecule has 1 N–H and O–H groups in total. The van der Waals surface area contributed by atoms with Crippen LogP contribution >= 0.6 is 11.8 Å². The van der Waals surface area contributed by atoms with Crippen LogP contribution in [0, 0.1) is 0 Å². The summed E-state index contributed by atoms with van der Waals surface area (Å²) in [5.41, 5.74) is 1.80. The van der Waals surface area contributed by atoms with Crippen molar-refractivity contribution < 1.29 is 14.3 Å². The van der Waals surface area contributed by atoms with E-state index in [0.29, 0.717) is 34.1 Å². The van der Waals surface area contributed by atoms with Crippen LogP contribution in [0.3, 0.4) is 0 Å². The topological polar surface area (TPSA) is 82.5 Å². The number of rotatable bonds is 11. The van der Waals surface area contributed by atoms with Crippen LogP contribution in [0.15, 0.2) is 33.7 Å². The Bertz CT molecular complexity index is 1060. The van der Waals surface area contributed by atoms with E-state index in [1.807, 2.05) is 0 Å². The number of benzene rings is 1. The lowest BCUT2D eigenvalue weighted by molar-refractivity contribution is -0.119. The van der Waals surface area contributed by atoms with Gasteiger partial charge in [0, 0.05) is 18.7 Å².